The minimum absolute atomic E-state index is 0.0131. The molecule has 0 radical (unpaired) electrons. The summed E-state index contributed by atoms with van der Waals surface area (Å²) >= 11 is 6.04. The van der Waals surface area contributed by atoms with Crippen molar-refractivity contribution in [1.29, 1.82) is 0 Å². The molecule has 1 aliphatic rings. The summed E-state index contributed by atoms with van der Waals surface area (Å²) in [6.07, 6.45) is 3.50. The van der Waals surface area contributed by atoms with E-state index >= 15 is 0 Å². The number of nitrogens with zero attached hydrogens (tertiary/aromatic N) is 2. The van der Waals surface area contributed by atoms with Crippen LogP contribution in [0.2, 0.25) is 5.02 Å². The second-order valence-corrected chi connectivity index (χ2v) is 9.60. The Morgan fingerprint density at radius 3 is 2.39 bits per heavy atom. The summed E-state index contributed by atoms with van der Waals surface area (Å²) in [5.74, 6) is 0. The predicted molar refractivity (Wildman–Crippen MR) is 123 cm³/mol. The van der Waals surface area contributed by atoms with Gasteiger partial charge < -0.3 is 5.11 Å². The normalized spacial score (nSPS) is 19.1. The maximum Gasteiger partial charge on any atom is 0.282 e. The Morgan fingerprint density at radius 1 is 1.00 bits per heavy atom. The first kappa shape index (κ1) is 21.3. The number of hydrogen-bond acceptors (Lipinski definition) is 4. The molecule has 0 aliphatic carbocycles. The number of hydrazone groups is 1. The summed E-state index contributed by atoms with van der Waals surface area (Å²) in [5.41, 5.74) is 0.826. The van der Waals surface area contributed by atoms with E-state index in [0.717, 1.165) is 15.5 Å². The fourth-order valence-corrected chi connectivity index (χ4v) is 5.09. The van der Waals surface area contributed by atoms with Crippen LogP contribution in [0, 0.1) is 6.92 Å². The molecule has 0 bridgehead atoms. The summed E-state index contributed by atoms with van der Waals surface area (Å²) in [5, 5.41) is 16.5. The molecule has 5 nitrogen and oxygen atoms in total. The van der Waals surface area contributed by atoms with Gasteiger partial charge in [0.2, 0.25) is 5.72 Å². The van der Waals surface area contributed by atoms with Gasteiger partial charge in [0.1, 0.15) is 0 Å². The highest BCUT2D eigenvalue weighted by Crippen LogP contribution is 2.39. The predicted octanol–water partition coefficient (Wildman–Crippen LogP) is 4.96. The Labute approximate surface area is 187 Å². The lowest BCUT2D eigenvalue weighted by molar-refractivity contribution is -0.0481. The summed E-state index contributed by atoms with van der Waals surface area (Å²) in [7, 11) is -4.09. The number of allylic oxidation sites excluding steroid dienone is 1. The third-order valence-corrected chi connectivity index (χ3v) is 7.00. The molecule has 7 heteroatoms. The van der Waals surface area contributed by atoms with Crippen molar-refractivity contribution < 1.29 is 13.5 Å². The van der Waals surface area contributed by atoms with Crippen molar-refractivity contribution in [3.8, 4) is 0 Å². The van der Waals surface area contributed by atoms with Crippen LogP contribution in [0.15, 0.2) is 94.9 Å². The monoisotopic (exact) mass is 452 g/mol. The third-order valence-electron chi connectivity index (χ3n) is 5.06. The summed E-state index contributed by atoms with van der Waals surface area (Å²) in [4.78, 5) is 0.0660. The molecule has 1 aliphatic heterocycles. The van der Waals surface area contributed by atoms with Crippen molar-refractivity contribution in [3.63, 3.8) is 0 Å². The molecule has 3 aromatic carbocycles. The number of halogens is 1. The number of rotatable bonds is 5. The van der Waals surface area contributed by atoms with Gasteiger partial charge in [-0.25, -0.2) is 0 Å². The van der Waals surface area contributed by atoms with Crippen LogP contribution in [0.1, 0.15) is 23.1 Å². The van der Waals surface area contributed by atoms with Gasteiger partial charge in [0.15, 0.2) is 0 Å². The summed E-state index contributed by atoms with van der Waals surface area (Å²) in [6.45, 7) is 1.88. The average molecular weight is 453 g/mol. The summed E-state index contributed by atoms with van der Waals surface area (Å²) < 4.78 is 27.7. The molecular weight excluding hydrogens is 432 g/mol. The van der Waals surface area contributed by atoms with E-state index in [1.807, 2.05) is 19.1 Å². The second-order valence-electron chi connectivity index (χ2n) is 7.40. The van der Waals surface area contributed by atoms with Gasteiger partial charge in [-0.2, -0.15) is 13.5 Å². The first-order valence-electron chi connectivity index (χ1n) is 9.70. The van der Waals surface area contributed by atoms with Crippen LogP contribution in [-0.2, 0) is 15.7 Å². The van der Waals surface area contributed by atoms with Gasteiger partial charge in [0.05, 0.1) is 10.6 Å². The Hall–Kier alpha value is -2.93. The largest absolute Gasteiger partial charge is 0.364 e. The Balaban J connectivity index is 1.76. The van der Waals surface area contributed by atoms with Crippen molar-refractivity contribution in [2.45, 2.75) is 24.0 Å². The zero-order valence-corrected chi connectivity index (χ0v) is 18.4. The Bertz CT molecular complexity index is 1260. The Kier molecular flexibility index (Phi) is 5.71. The molecule has 1 unspecified atom stereocenters. The van der Waals surface area contributed by atoms with Crippen molar-refractivity contribution in [3.05, 3.63) is 107 Å². The molecule has 0 saturated carbocycles. The van der Waals surface area contributed by atoms with Crippen LogP contribution in [0.5, 0.6) is 0 Å². The van der Waals surface area contributed by atoms with E-state index in [-0.39, 0.29) is 11.3 Å². The van der Waals surface area contributed by atoms with Gasteiger partial charge >= 0.3 is 0 Å². The fraction of sp³-hybridized carbons (Fsp3) is 0.125. The smallest absolute Gasteiger partial charge is 0.282 e. The van der Waals surface area contributed by atoms with Crippen LogP contribution in [0.25, 0.3) is 6.08 Å². The van der Waals surface area contributed by atoms with Crippen LogP contribution < -0.4 is 0 Å². The molecule has 3 aromatic rings. The van der Waals surface area contributed by atoms with E-state index in [1.54, 1.807) is 66.7 Å². The lowest BCUT2D eigenvalue weighted by Crippen LogP contribution is -2.43. The van der Waals surface area contributed by atoms with Crippen molar-refractivity contribution in [2.75, 3.05) is 0 Å². The number of benzene rings is 3. The molecule has 1 heterocycles. The molecular formula is C24H21ClN2O3S. The van der Waals surface area contributed by atoms with Gasteiger partial charge in [-0.3, -0.25) is 0 Å². The van der Waals surface area contributed by atoms with Crippen LogP contribution >= 0.6 is 11.6 Å². The lowest BCUT2D eigenvalue weighted by atomic mass is 9.98. The highest BCUT2D eigenvalue weighted by molar-refractivity contribution is 7.89. The molecule has 0 saturated heterocycles. The number of aryl methyl sites for hydroxylation is 1. The van der Waals surface area contributed by atoms with Crippen LogP contribution in [0.4, 0.5) is 0 Å². The van der Waals surface area contributed by atoms with E-state index in [4.69, 9.17) is 11.6 Å². The molecule has 0 aromatic heterocycles. The van der Waals surface area contributed by atoms with Gasteiger partial charge in [-0.05, 0) is 42.8 Å². The molecule has 0 amide bonds. The van der Waals surface area contributed by atoms with Crippen LogP contribution in [0.3, 0.4) is 0 Å². The van der Waals surface area contributed by atoms with Gasteiger partial charge in [-0.15, -0.1) is 4.41 Å². The quantitative estimate of drug-likeness (QED) is 0.595. The number of hydrogen-bond donors (Lipinski definition) is 1. The molecule has 0 spiro atoms. The van der Waals surface area contributed by atoms with E-state index in [2.05, 4.69) is 5.10 Å². The minimum Gasteiger partial charge on any atom is -0.364 e. The minimum atomic E-state index is -4.09. The zero-order chi connectivity index (χ0) is 22.1. The van der Waals surface area contributed by atoms with Crippen molar-refractivity contribution >= 4 is 33.4 Å². The second kappa shape index (κ2) is 8.30. The lowest BCUT2D eigenvalue weighted by Gasteiger charge is -2.32. The molecule has 1 atom stereocenters. The fourth-order valence-electron chi connectivity index (χ4n) is 3.43. The molecule has 0 fully saturated rings. The third kappa shape index (κ3) is 4.28. The zero-order valence-electron chi connectivity index (χ0n) is 16.8. The first-order chi connectivity index (χ1) is 14.8. The van der Waals surface area contributed by atoms with Crippen molar-refractivity contribution in [2.24, 2.45) is 5.10 Å². The molecule has 4 rings (SSSR count). The van der Waals surface area contributed by atoms with Gasteiger partial charge in [0.25, 0.3) is 10.0 Å². The number of aliphatic hydroxyl groups is 1. The highest BCUT2D eigenvalue weighted by Gasteiger charge is 2.48. The highest BCUT2D eigenvalue weighted by atomic mass is 35.5. The SMILES string of the molecule is Cc1ccc(S(=O)(=O)N2N=C(/C=C/c3cccc(Cl)c3)CC2(O)c2ccccc2)cc1. The Morgan fingerprint density at radius 2 is 1.71 bits per heavy atom. The molecule has 1 N–H and O–H groups in total. The van der Waals surface area contributed by atoms with E-state index in [1.165, 1.54) is 12.1 Å². The maximum atomic E-state index is 13.4. The van der Waals surface area contributed by atoms with Crippen molar-refractivity contribution in [1.82, 2.24) is 4.41 Å². The van der Waals surface area contributed by atoms with Gasteiger partial charge in [0, 0.05) is 17.0 Å². The van der Waals surface area contributed by atoms with E-state index < -0.39 is 15.7 Å². The molecule has 158 valence electrons. The molecule has 31 heavy (non-hydrogen) atoms. The standard InChI is InChI=1S/C24H21ClN2O3S/c1-18-10-14-23(15-11-18)31(29,30)27-24(28,20-7-3-2-4-8-20)17-22(26-27)13-12-19-6-5-9-21(25)16-19/h2-16,28H,17H2,1H3/b13-12+. The average Bonchev–Trinajstić information content (AvgIpc) is 3.12. The van der Waals surface area contributed by atoms with E-state index in [0.29, 0.717) is 16.3 Å². The summed E-state index contributed by atoms with van der Waals surface area (Å²) in [6, 6.07) is 22.4. The first-order valence-corrected chi connectivity index (χ1v) is 11.5. The topological polar surface area (TPSA) is 70.0 Å². The maximum absolute atomic E-state index is 13.4. The van der Waals surface area contributed by atoms with Crippen LogP contribution in [-0.4, -0.2) is 23.7 Å². The number of sulfonamides is 1. The van der Waals surface area contributed by atoms with E-state index in [9.17, 15) is 13.5 Å². The van der Waals surface area contributed by atoms with Gasteiger partial charge in [-0.1, -0.05) is 77.8 Å².